The summed E-state index contributed by atoms with van der Waals surface area (Å²) in [6, 6.07) is 19.4. The Morgan fingerprint density at radius 2 is 1.65 bits per heavy atom. The molecule has 0 bridgehead atoms. The molecule has 1 aliphatic carbocycles. The highest BCUT2D eigenvalue weighted by atomic mass is 16.6. The van der Waals surface area contributed by atoms with Crippen LogP contribution in [-0.2, 0) is 19.9 Å². The smallest absolute Gasteiger partial charge is 0.348 e. The van der Waals surface area contributed by atoms with Gasteiger partial charge in [-0.3, -0.25) is 0 Å². The van der Waals surface area contributed by atoms with Crippen molar-refractivity contribution in [2.75, 3.05) is 20.3 Å². The second-order valence-electron chi connectivity index (χ2n) is 8.51. The summed E-state index contributed by atoms with van der Waals surface area (Å²) in [6.07, 6.45) is 4.12. The first kappa shape index (κ1) is 23.5. The summed E-state index contributed by atoms with van der Waals surface area (Å²) >= 11 is 0. The van der Waals surface area contributed by atoms with Crippen LogP contribution in [0, 0.1) is 5.92 Å². The fourth-order valence-electron chi connectivity index (χ4n) is 4.44. The third-order valence-corrected chi connectivity index (χ3v) is 6.17. The van der Waals surface area contributed by atoms with Crippen LogP contribution in [-0.4, -0.2) is 43.5 Å². The Hall–Kier alpha value is -2.21. The normalized spacial score (nSPS) is 22.0. The van der Waals surface area contributed by atoms with Crippen LogP contribution >= 0.6 is 0 Å². The van der Waals surface area contributed by atoms with Gasteiger partial charge >= 0.3 is 5.97 Å². The number of carbonyl (C=O) groups excluding carboxylic acids is 1. The average Bonchev–Trinajstić information content (AvgIpc) is 2.98. The second-order valence-corrected chi connectivity index (χ2v) is 8.51. The van der Waals surface area contributed by atoms with E-state index in [0.717, 1.165) is 36.8 Å². The van der Waals surface area contributed by atoms with Gasteiger partial charge in [-0.15, -0.1) is 0 Å². The molecule has 168 valence electrons. The third-order valence-electron chi connectivity index (χ3n) is 6.17. The predicted octanol–water partition coefficient (Wildman–Crippen LogP) is 4.04. The van der Waals surface area contributed by atoms with Crippen molar-refractivity contribution in [2.24, 2.45) is 5.92 Å². The summed E-state index contributed by atoms with van der Waals surface area (Å²) < 4.78 is 12.5. The molecule has 5 heteroatoms. The summed E-state index contributed by atoms with van der Waals surface area (Å²) in [5, 5.41) is 12.7. The molecule has 0 aromatic heterocycles. The molecular formula is C26H35NO4. The Balaban J connectivity index is 1.98. The first-order chi connectivity index (χ1) is 15.1. The summed E-state index contributed by atoms with van der Waals surface area (Å²) in [5.74, 6) is 0.103. The van der Waals surface area contributed by atoms with Crippen molar-refractivity contribution in [3.63, 3.8) is 0 Å². The van der Waals surface area contributed by atoms with E-state index in [0.29, 0.717) is 18.4 Å². The topological polar surface area (TPSA) is 67.8 Å². The standard InChI is InChI=1S/C26H35NO4/c1-20-14-15-23(27-2)19-24(18-20)31-25(29)26(30-17-9-16-28,21-10-5-3-6-11-21)22-12-7-4-8-13-22/h3-8,10-13,20,23-24,27-28H,9,14-19H2,1-2H3. The number of hydrogen-bond donors (Lipinski definition) is 2. The van der Waals surface area contributed by atoms with Crippen LogP contribution in [0.1, 0.15) is 50.2 Å². The maximum atomic E-state index is 13.9. The van der Waals surface area contributed by atoms with Gasteiger partial charge in [0.15, 0.2) is 0 Å². The van der Waals surface area contributed by atoms with E-state index in [2.05, 4.69) is 12.2 Å². The monoisotopic (exact) mass is 425 g/mol. The molecule has 1 saturated carbocycles. The lowest BCUT2D eigenvalue weighted by molar-refractivity contribution is -0.175. The van der Waals surface area contributed by atoms with Crippen LogP contribution in [0.4, 0.5) is 0 Å². The lowest BCUT2D eigenvalue weighted by Gasteiger charge is -2.34. The van der Waals surface area contributed by atoms with Crippen LogP contribution < -0.4 is 5.32 Å². The highest BCUT2D eigenvalue weighted by molar-refractivity contribution is 5.86. The van der Waals surface area contributed by atoms with Gasteiger partial charge in [0.1, 0.15) is 6.10 Å². The largest absolute Gasteiger partial charge is 0.460 e. The number of aliphatic hydroxyl groups is 1. The van der Waals surface area contributed by atoms with E-state index in [1.807, 2.05) is 67.7 Å². The van der Waals surface area contributed by atoms with E-state index < -0.39 is 11.6 Å². The number of aliphatic hydroxyl groups excluding tert-OH is 1. The number of nitrogens with one attached hydrogen (secondary N) is 1. The molecule has 3 rings (SSSR count). The molecule has 1 fully saturated rings. The van der Waals surface area contributed by atoms with Gasteiger partial charge in [0.05, 0.1) is 6.61 Å². The van der Waals surface area contributed by atoms with E-state index >= 15 is 0 Å². The molecule has 3 unspecified atom stereocenters. The number of hydrogen-bond acceptors (Lipinski definition) is 5. The van der Waals surface area contributed by atoms with Crippen LogP contribution in [0.3, 0.4) is 0 Å². The molecule has 0 saturated heterocycles. The Kier molecular flexibility index (Phi) is 8.64. The predicted molar refractivity (Wildman–Crippen MR) is 122 cm³/mol. The molecule has 2 N–H and O–H groups in total. The minimum atomic E-state index is -1.37. The SMILES string of the molecule is CNC1CCC(C)CC(OC(=O)C(OCCCO)(c2ccccc2)c2ccccc2)C1. The number of carbonyl (C=O) groups is 1. The van der Waals surface area contributed by atoms with Gasteiger partial charge in [0.25, 0.3) is 0 Å². The second kappa shape index (κ2) is 11.4. The van der Waals surface area contributed by atoms with Crippen molar-refractivity contribution in [3.8, 4) is 0 Å². The van der Waals surface area contributed by atoms with Crippen LogP contribution in [0.2, 0.25) is 0 Å². The lowest BCUT2D eigenvalue weighted by atomic mass is 9.85. The van der Waals surface area contributed by atoms with Crippen molar-refractivity contribution in [2.45, 2.75) is 56.8 Å². The number of benzene rings is 2. The van der Waals surface area contributed by atoms with Crippen molar-refractivity contribution in [3.05, 3.63) is 71.8 Å². The molecule has 3 atom stereocenters. The number of esters is 1. The number of ether oxygens (including phenoxy) is 2. The molecule has 2 aromatic carbocycles. The van der Waals surface area contributed by atoms with Gasteiger partial charge in [0, 0.05) is 12.6 Å². The van der Waals surface area contributed by atoms with Gasteiger partial charge in [-0.05, 0) is 56.2 Å². The summed E-state index contributed by atoms with van der Waals surface area (Å²) in [7, 11) is 1.97. The summed E-state index contributed by atoms with van der Waals surface area (Å²) in [6.45, 7) is 2.46. The van der Waals surface area contributed by atoms with Crippen molar-refractivity contribution in [1.82, 2.24) is 5.32 Å². The zero-order valence-electron chi connectivity index (χ0n) is 18.6. The number of rotatable bonds is 9. The Labute approximate surface area is 185 Å². The Bertz CT molecular complexity index is 756. The Morgan fingerprint density at radius 1 is 1.03 bits per heavy atom. The van der Waals surface area contributed by atoms with Gasteiger partial charge < -0.3 is 19.9 Å². The van der Waals surface area contributed by atoms with E-state index in [4.69, 9.17) is 9.47 Å². The molecule has 0 amide bonds. The van der Waals surface area contributed by atoms with Crippen molar-refractivity contribution < 1.29 is 19.4 Å². The van der Waals surface area contributed by atoms with Crippen molar-refractivity contribution >= 4 is 5.97 Å². The zero-order chi connectivity index (χ0) is 22.1. The van der Waals surface area contributed by atoms with Gasteiger partial charge in [-0.25, -0.2) is 4.79 Å². The molecule has 0 radical (unpaired) electrons. The van der Waals surface area contributed by atoms with Crippen LogP contribution in [0.25, 0.3) is 0 Å². The fraction of sp³-hybridized carbons (Fsp3) is 0.500. The van der Waals surface area contributed by atoms with Gasteiger partial charge in [-0.1, -0.05) is 67.6 Å². The fourth-order valence-corrected chi connectivity index (χ4v) is 4.44. The highest BCUT2D eigenvalue weighted by Gasteiger charge is 2.46. The first-order valence-electron chi connectivity index (χ1n) is 11.3. The minimum absolute atomic E-state index is 0.00129. The van der Waals surface area contributed by atoms with Crippen LogP contribution in [0.15, 0.2) is 60.7 Å². The van der Waals surface area contributed by atoms with Gasteiger partial charge in [0.2, 0.25) is 5.60 Å². The highest BCUT2D eigenvalue weighted by Crippen LogP contribution is 2.37. The molecule has 5 nitrogen and oxygen atoms in total. The van der Waals surface area contributed by atoms with Gasteiger partial charge in [-0.2, -0.15) is 0 Å². The molecule has 2 aromatic rings. The molecule has 31 heavy (non-hydrogen) atoms. The van der Waals surface area contributed by atoms with E-state index in [-0.39, 0.29) is 19.3 Å². The molecule has 0 spiro atoms. The maximum Gasteiger partial charge on any atom is 0.348 e. The third kappa shape index (κ3) is 5.73. The minimum Gasteiger partial charge on any atom is -0.460 e. The summed E-state index contributed by atoms with van der Waals surface area (Å²) in [5.41, 5.74) is 0.0921. The Morgan fingerprint density at radius 3 is 2.19 bits per heavy atom. The average molecular weight is 426 g/mol. The van der Waals surface area contributed by atoms with E-state index in [1.54, 1.807) is 0 Å². The zero-order valence-corrected chi connectivity index (χ0v) is 18.6. The molecule has 1 aliphatic rings. The lowest BCUT2D eigenvalue weighted by Crippen LogP contribution is -2.44. The molecular weight excluding hydrogens is 390 g/mol. The quantitative estimate of drug-likeness (QED) is 0.361. The van der Waals surface area contributed by atoms with E-state index in [1.165, 1.54) is 0 Å². The molecule has 0 heterocycles. The molecule has 0 aliphatic heterocycles. The summed E-state index contributed by atoms with van der Waals surface area (Å²) in [4.78, 5) is 13.9. The maximum absolute atomic E-state index is 13.9. The van der Waals surface area contributed by atoms with E-state index in [9.17, 15) is 9.90 Å². The first-order valence-corrected chi connectivity index (χ1v) is 11.3. The van der Waals surface area contributed by atoms with Crippen LogP contribution in [0.5, 0.6) is 0 Å². The van der Waals surface area contributed by atoms with Crippen molar-refractivity contribution in [1.29, 1.82) is 0 Å².